The van der Waals surface area contributed by atoms with Gasteiger partial charge in [-0.1, -0.05) is 27.7 Å². The number of hydrogen-bond acceptors (Lipinski definition) is 1. The lowest BCUT2D eigenvalue weighted by Crippen LogP contribution is -2.11. The Morgan fingerprint density at radius 2 is 2.00 bits per heavy atom. The maximum absolute atomic E-state index is 13.4. The van der Waals surface area contributed by atoms with Gasteiger partial charge in [-0.25, -0.2) is 4.39 Å². The van der Waals surface area contributed by atoms with Crippen LogP contribution in [0.15, 0.2) is 10.7 Å². The van der Waals surface area contributed by atoms with Crippen molar-refractivity contribution in [1.82, 2.24) is 0 Å². The van der Waals surface area contributed by atoms with Crippen molar-refractivity contribution in [2.45, 2.75) is 39.5 Å². The molecular weight excluding hydrogens is 155 g/mol. The van der Waals surface area contributed by atoms with E-state index in [1.165, 1.54) is 6.26 Å². The van der Waals surface area contributed by atoms with Crippen LogP contribution in [0.4, 0.5) is 4.39 Å². The first-order valence-electron chi connectivity index (χ1n) is 4.23. The molecule has 0 radical (unpaired) electrons. The van der Waals surface area contributed by atoms with E-state index >= 15 is 0 Å². The summed E-state index contributed by atoms with van der Waals surface area (Å²) in [4.78, 5) is 0. The molecule has 0 atom stereocenters. The summed E-state index contributed by atoms with van der Waals surface area (Å²) in [5, 5.41) is 0. The fourth-order valence-corrected chi connectivity index (χ4v) is 1.12. The quantitative estimate of drug-likeness (QED) is 0.630. The molecule has 0 bridgehead atoms. The maximum atomic E-state index is 13.4. The van der Waals surface area contributed by atoms with Gasteiger partial charge in [-0.2, -0.15) is 0 Å². The van der Waals surface area contributed by atoms with E-state index in [9.17, 15) is 4.39 Å². The zero-order valence-electron chi connectivity index (χ0n) is 8.07. The molecule has 0 amide bonds. The summed E-state index contributed by atoms with van der Waals surface area (Å²) in [5.41, 5.74) is 0.428. The zero-order valence-corrected chi connectivity index (χ0v) is 8.07. The minimum atomic E-state index is -0.239. The van der Waals surface area contributed by atoms with Crippen molar-refractivity contribution >= 4 is 0 Å². The molecule has 12 heavy (non-hydrogen) atoms. The third-order valence-corrected chi connectivity index (χ3v) is 1.86. The van der Waals surface area contributed by atoms with Gasteiger partial charge in [-0.15, -0.1) is 0 Å². The van der Waals surface area contributed by atoms with E-state index in [0.29, 0.717) is 17.7 Å². The summed E-state index contributed by atoms with van der Waals surface area (Å²) in [5.74, 6) is 0.282. The van der Waals surface area contributed by atoms with E-state index in [1.54, 1.807) is 0 Å². The summed E-state index contributed by atoms with van der Waals surface area (Å²) in [6, 6.07) is 0. The average Bonchev–Trinajstić information content (AvgIpc) is 2.29. The molecule has 0 fully saturated rings. The molecule has 0 aliphatic heterocycles. The topological polar surface area (TPSA) is 13.1 Å². The second-order valence-corrected chi connectivity index (χ2v) is 4.01. The van der Waals surface area contributed by atoms with Crippen molar-refractivity contribution in [3.8, 4) is 0 Å². The van der Waals surface area contributed by atoms with Crippen molar-refractivity contribution in [2.75, 3.05) is 0 Å². The van der Waals surface area contributed by atoms with Gasteiger partial charge in [0.05, 0.1) is 6.26 Å². The second kappa shape index (κ2) is 2.92. The molecule has 1 aromatic rings. The Morgan fingerprint density at radius 3 is 2.25 bits per heavy atom. The van der Waals surface area contributed by atoms with E-state index in [1.807, 2.05) is 27.7 Å². The lowest BCUT2D eigenvalue weighted by molar-refractivity contribution is 0.381. The van der Waals surface area contributed by atoms with Crippen LogP contribution in [0.5, 0.6) is 0 Å². The Kier molecular flexibility index (Phi) is 2.27. The van der Waals surface area contributed by atoms with E-state index in [0.717, 1.165) is 0 Å². The van der Waals surface area contributed by atoms with Gasteiger partial charge < -0.3 is 4.42 Å². The Bertz CT molecular complexity index is 268. The van der Waals surface area contributed by atoms with E-state index < -0.39 is 0 Å². The SMILES string of the molecule is CCc1coc(C(C)(C)C)c1F. The standard InChI is InChI=1S/C10H15FO/c1-5-7-6-12-9(8(7)11)10(2,3)4/h6H,5H2,1-4H3. The van der Waals surface area contributed by atoms with Crippen molar-refractivity contribution < 1.29 is 8.81 Å². The fourth-order valence-electron chi connectivity index (χ4n) is 1.12. The molecule has 0 N–H and O–H groups in total. The predicted octanol–water partition coefficient (Wildman–Crippen LogP) is 3.28. The van der Waals surface area contributed by atoms with Crippen LogP contribution in [0, 0.1) is 5.82 Å². The molecule has 0 saturated carbocycles. The Balaban J connectivity index is 3.11. The molecule has 0 aliphatic carbocycles. The number of halogens is 1. The molecule has 1 aromatic heterocycles. The Morgan fingerprint density at radius 1 is 1.42 bits per heavy atom. The normalized spacial score (nSPS) is 12.1. The average molecular weight is 170 g/mol. The molecule has 0 aromatic carbocycles. The number of rotatable bonds is 1. The minimum Gasteiger partial charge on any atom is -0.465 e. The summed E-state index contributed by atoms with van der Waals surface area (Å²) in [6.45, 7) is 7.73. The summed E-state index contributed by atoms with van der Waals surface area (Å²) in [6.07, 6.45) is 2.20. The van der Waals surface area contributed by atoms with Crippen LogP contribution in [0.1, 0.15) is 39.0 Å². The van der Waals surface area contributed by atoms with E-state index in [2.05, 4.69) is 0 Å². The van der Waals surface area contributed by atoms with Crippen molar-refractivity contribution in [2.24, 2.45) is 0 Å². The second-order valence-electron chi connectivity index (χ2n) is 4.01. The Hall–Kier alpha value is -0.790. The first-order valence-corrected chi connectivity index (χ1v) is 4.23. The molecule has 68 valence electrons. The maximum Gasteiger partial charge on any atom is 0.168 e. The van der Waals surface area contributed by atoms with Gasteiger partial charge in [0.1, 0.15) is 5.76 Å². The fraction of sp³-hybridized carbons (Fsp3) is 0.600. The predicted molar refractivity (Wildman–Crippen MR) is 46.7 cm³/mol. The smallest absolute Gasteiger partial charge is 0.168 e. The summed E-state index contributed by atoms with van der Waals surface area (Å²) < 4.78 is 18.6. The van der Waals surface area contributed by atoms with Gasteiger partial charge in [0.15, 0.2) is 5.82 Å². The van der Waals surface area contributed by atoms with E-state index in [-0.39, 0.29) is 11.2 Å². The van der Waals surface area contributed by atoms with Gasteiger partial charge >= 0.3 is 0 Å². The monoisotopic (exact) mass is 170 g/mol. The molecule has 1 rings (SSSR count). The highest BCUT2D eigenvalue weighted by molar-refractivity contribution is 5.21. The lowest BCUT2D eigenvalue weighted by atomic mass is 9.92. The highest BCUT2D eigenvalue weighted by Crippen LogP contribution is 2.28. The summed E-state index contributed by atoms with van der Waals surface area (Å²) >= 11 is 0. The molecule has 0 saturated heterocycles. The third-order valence-electron chi connectivity index (χ3n) is 1.86. The van der Waals surface area contributed by atoms with Crippen LogP contribution in [0.3, 0.4) is 0 Å². The van der Waals surface area contributed by atoms with Gasteiger partial charge in [0.2, 0.25) is 0 Å². The number of aryl methyl sites for hydroxylation is 1. The molecule has 0 spiro atoms. The van der Waals surface area contributed by atoms with Crippen LogP contribution in [0.2, 0.25) is 0 Å². The first kappa shape index (κ1) is 9.30. The van der Waals surface area contributed by atoms with Gasteiger partial charge in [-0.3, -0.25) is 0 Å². The molecule has 0 aliphatic rings. The highest BCUT2D eigenvalue weighted by atomic mass is 19.1. The highest BCUT2D eigenvalue weighted by Gasteiger charge is 2.24. The third kappa shape index (κ3) is 1.52. The minimum absolute atomic E-state index is 0.176. The van der Waals surface area contributed by atoms with Crippen LogP contribution >= 0.6 is 0 Å². The molecule has 1 heterocycles. The van der Waals surface area contributed by atoms with Gasteiger partial charge in [-0.05, 0) is 6.42 Å². The zero-order chi connectivity index (χ0) is 9.35. The van der Waals surface area contributed by atoms with Crippen molar-refractivity contribution in [3.05, 3.63) is 23.4 Å². The van der Waals surface area contributed by atoms with E-state index in [4.69, 9.17) is 4.42 Å². The van der Waals surface area contributed by atoms with Gasteiger partial charge in [0, 0.05) is 11.0 Å². The van der Waals surface area contributed by atoms with Crippen molar-refractivity contribution in [1.29, 1.82) is 0 Å². The number of hydrogen-bond donors (Lipinski definition) is 0. The largest absolute Gasteiger partial charge is 0.465 e. The molecule has 1 nitrogen and oxygen atoms in total. The molecular formula is C10H15FO. The Labute approximate surface area is 72.6 Å². The summed E-state index contributed by atoms with van der Waals surface area (Å²) in [7, 11) is 0. The van der Waals surface area contributed by atoms with Crippen LogP contribution in [-0.4, -0.2) is 0 Å². The van der Waals surface area contributed by atoms with Crippen LogP contribution in [-0.2, 0) is 11.8 Å². The van der Waals surface area contributed by atoms with Gasteiger partial charge in [0.25, 0.3) is 0 Å². The number of furan rings is 1. The first-order chi connectivity index (χ1) is 5.46. The van der Waals surface area contributed by atoms with Crippen molar-refractivity contribution in [3.63, 3.8) is 0 Å². The van der Waals surface area contributed by atoms with Crippen LogP contribution in [0.25, 0.3) is 0 Å². The van der Waals surface area contributed by atoms with Crippen LogP contribution < -0.4 is 0 Å². The lowest BCUT2D eigenvalue weighted by Gasteiger charge is -2.14. The molecule has 0 unspecified atom stereocenters. The molecule has 2 heteroatoms.